The van der Waals surface area contributed by atoms with E-state index in [0.29, 0.717) is 0 Å². The van der Waals surface area contributed by atoms with Gasteiger partial charge in [0.2, 0.25) is 5.91 Å². The zero-order valence-electron chi connectivity index (χ0n) is 10.6. The van der Waals surface area contributed by atoms with E-state index in [4.69, 9.17) is 10.5 Å². The molecular weight excluding hydrogens is 204 g/mol. The fourth-order valence-electron chi connectivity index (χ4n) is 1.87. The van der Waals surface area contributed by atoms with Crippen LogP contribution in [0.1, 0.15) is 46.5 Å². The van der Waals surface area contributed by atoms with Gasteiger partial charge in [-0.15, -0.1) is 0 Å². The summed E-state index contributed by atoms with van der Waals surface area (Å²) < 4.78 is 5.42. The molecule has 4 heteroatoms. The minimum absolute atomic E-state index is 0.0581. The molecule has 0 radical (unpaired) electrons. The quantitative estimate of drug-likeness (QED) is 0.762. The topological polar surface area (TPSA) is 64.3 Å². The minimum Gasteiger partial charge on any atom is -0.366 e. The Bertz CT molecular complexity index is 236. The lowest BCUT2D eigenvalue weighted by molar-refractivity contribution is -0.131. The highest BCUT2D eigenvalue weighted by Gasteiger charge is 2.23. The summed E-state index contributed by atoms with van der Waals surface area (Å²) in [6, 6.07) is 0.233. The zero-order chi connectivity index (χ0) is 12.2. The molecule has 4 nitrogen and oxygen atoms in total. The number of nitrogens with one attached hydrogen (secondary N) is 1. The number of hydrogen-bond acceptors (Lipinski definition) is 3. The third-order valence-corrected chi connectivity index (χ3v) is 2.80. The average molecular weight is 228 g/mol. The largest absolute Gasteiger partial charge is 0.366 e. The van der Waals surface area contributed by atoms with Gasteiger partial charge in [0.05, 0.1) is 5.60 Å². The number of carbonyl (C=O) groups excluding carboxylic acids is 1. The third-order valence-electron chi connectivity index (χ3n) is 2.80. The van der Waals surface area contributed by atoms with Crippen LogP contribution >= 0.6 is 0 Å². The van der Waals surface area contributed by atoms with Crippen LogP contribution in [-0.4, -0.2) is 30.2 Å². The molecule has 1 fully saturated rings. The van der Waals surface area contributed by atoms with Crippen molar-refractivity contribution in [2.24, 2.45) is 5.73 Å². The highest BCUT2D eigenvalue weighted by molar-refractivity contribution is 5.77. The molecule has 1 amide bonds. The molecule has 2 atom stereocenters. The summed E-state index contributed by atoms with van der Waals surface area (Å²) in [5, 5.41) is 2.95. The van der Waals surface area contributed by atoms with Crippen molar-refractivity contribution in [1.29, 1.82) is 0 Å². The molecule has 0 aliphatic heterocycles. The van der Waals surface area contributed by atoms with Crippen LogP contribution < -0.4 is 11.1 Å². The lowest BCUT2D eigenvalue weighted by Crippen LogP contribution is -2.50. The number of hydrogen-bond donors (Lipinski definition) is 2. The summed E-state index contributed by atoms with van der Waals surface area (Å²) in [5.41, 5.74) is 5.68. The molecular formula is C12H24N2O2. The van der Waals surface area contributed by atoms with Crippen LogP contribution in [0.15, 0.2) is 0 Å². The van der Waals surface area contributed by atoms with Crippen LogP contribution in [0.25, 0.3) is 0 Å². The van der Waals surface area contributed by atoms with Crippen molar-refractivity contribution in [3.05, 3.63) is 0 Å². The summed E-state index contributed by atoms with van der Waals surface area (Å²) in [5.74, 6) is -0.0581. The van der Waals surface area contributed by atoms with Crippen molar-refractivity contribution >= 4 is 5.91 Å². The predicted molar refractivity (Wildman–Crippen MR) is 64.1 cm³/mol. The number of rotatable bonds is 3. The van der Waals surface area contributed by atoms with E-state index in [1.54, 1.807) is 0 Å². The van der Waals surface area contributed by atoms with Crippen molar-refractivity contribution in [1.82, 2.24) is 5.32 Å². The fourth-order valence-corrected chi connectivity index (χ4v) is 1.87. The second kappa shape index (κ2) is 5.64. The Kier molecular flexibility index (Phi) is 4.74. The third kappa shape index (κ3) is 4.94. The molecule has 0 aromatic rings. The van der Waals surface area contributed by atoms with E-state index in [1.165, 1.54) is 6.42 Å². The second-order valence-corrected chi connectivity index (χ2v) is 5.52. The Balaban J connectivity index is 2.28. The van der Waals surface area contributed by atoms with E-state index in [9.17, 15) is 4.79 Å². The Hall–Kier alpha value is -0.610. The highest BCUT2D eigenvalue weighted by Crippen LogP contribution is 2.16. The SMILES string of the molecule is CC(C)(C)OCC(=O)NC1CCCCC1N. The van der Waals surface area contributed by atoms with Crippen molar-refractivity contribution in [3.63, 3.8) is 0 Å². The monoisotopic (exact) mass is 228 g/mol. The number of amides is 1. The van der Waals surface area contributed by atoms with Gasteiger partial charge >= 0.3 is 0 Å². The first-order valence-electron chi connectivity index (χ1n) is 6.07. The van der Waals surface area contributed by atoms with Gasteiger partial charge in [-0.05, 0) is 33.6 Å². The number of nitrogens with two attached hydrogens (primary N) is 1. The molecule has 0 spiro atoms. The van der Waals surface area contributed by atoms with Gasteiger partial charge in [0.15, 0.2) is 0 Å². The first-order valence-corrected chi connectivity index (χ1v) is 6.07. The van der Waals surface area contributed by atoms with Gasteiger partial charge in [-0.25, -0.2) is 0 Å². The van der Waals surface area contributed by atoms with Gasteiger partial charge in [-0.2, -0.15) is 0 Å². The molecule has 16 heavy (non-hydrogen) atoms. The molecule has 0 heterocycles. The Labute approximate surface area is 97.9 Å². The Morgan fingerprint density at radius 2 is 2.00 bits per heavy atom. The highest BCUT2D eigenvalue weighted by atomic mass is 16.5. The summed E-state index contributed by atoms with van der Waals surface area (Å²) >= 11 is 0. The van der Waals surface area contributed by atoms with Gasteiger partial charge in [-0.3, -0.25) is 4.79 Å². The Morgan fingerprint density at radius 1 is 1.38 bits per heavy atom. The van der Waals surface area contributed by atoms with Crippen LogP contribution in [0, 0.1) is 0 Å². The van der Waals surface area contributed by atoms with Gasteiger partial charge in [0.1, 0.15) is 6.61 Å². The maximum Gasteiger partial charge on any atom is 0.246 e. The minimum atomic E-state index is -0.272. The van der Waals surface area contributed by atoms with E-state index in [0.717, 1.165) is 19.3 Å². The first kappa shape index (κ1) is 13.5. The molecule has 2 unspecified atom stereocenters. The summed E-state index contributed by atoms with van der Waals surface area (Å²) in [6.07, 6.45) is 4.32. The predicted octanol–water partition coefficient (Wildman–Crippen LogP) is 1.19. The van der Waals surface area contributed by atoms with Crippen molar-refractivity contribution in [2.45, 2.75) is 64.1 Å². The van der Waals surface area contributed by atoms with Crippen LogP contribution in [0.5, 0.6) is 0 Å². The maximum absolute atomic E-state index is 11.6. The smallest absolute Gasteiger partial charge is 0.246 e. The molecule has 1 aliphatic carbocycles. The van der Waals surface area contributed by atoms with Crippen molar-refractivity contribution in [2.75, 3.05) is 6.61 Å². The summed E-state index contributed by atoms with van der Waals surface area (Å²) in [7, 11) is 0. The molecule has 94 valence electrons. The van der Waals surface area contributed by atoms with Crippen LogP contribution in [0.2, 0.25) is 0 Å². The van der Waals surface area contributed by atoms with Gasteiger partial charge in [0, 0.05) is 12.1 Å². The van der Waals surface area contributed by atoms with Crippen LogP contribution in [-0.2, 0) is 9.53 Å². The molecule has 1 saturated carbocycles. The van der Waals surface area contributed by atoms with E-state index in [1.807, 2.05) is 20.8 Å². The van der Waals surface area contributed by atoms with E-state index < -0.39 is 0 Å². The van der Waals surface area contributed by atoms with E-state index >= 15 is 0 Å². The number of ether oxygens (including phenoxy) is 1. The molecule has 3 N–H and O–H groups in total. The lowest BCUT2D eigenvalue weighted by Gasteiger charge is -2.29. The standard InChI is InChI=1S/C12H24N2O2/c1-12(2,3)16-8-11(15)14-10-7-5-4-6-9(10)13/h9-10H,4-8,13H2,1-3H3,(H,14,15). The molecule has 0 bridgehead atoms. The second-order valence-electron chi connectivity index (χ2n) is 5.52. The number of carbonyl (C=O) groups is 1. The lowest BCUT2D eigenvalue weighted by atomic mass is 9.91. The normalized spacial score (nSPS) is 26.5. The fraction of sp³-hybridized carbons (Fsp3) is 0.917. The first-order chi connectivity index (χ1) is 7.38. The van der Waals surface area contributed by atoms with Crippen LogP contribution in [0.4, 0.5) is 0 Å². The average Bonchev–Trinajstić information content (AvgIpc) is 2.18. The molecule has 0 aromatic heterocycles. The summed E-state index contributed by atoms with van der Waals surface area (Å²) in [6.45, 7) is 5.93. The summed E-state index contributed by atoms with van der Waals surface area (Å²) in [4.78, 5) is 11.6. The van der Waals surface area contributed by atoms with Crippen LogP contribution in [0.3, 0.4) is 0 Å². The maximum atomic E-state index is 11.6. The van der Waals surface area contributed by atoms with Crippen molar-refractivity contribution in [3.8, 4) is 0 Å². The Morgan fingerprint density at radius 3 is 2.56 bits per heavy atom. The van der Waals surface area contributed by atoms with Gasteiger partial charge in [0.25, 0.3) is 0 Å². The van der Waals surface area contributed by atoms with Gasteiger partial charge in [-0.1, -0.05) is 12.8 Å². The van der Waals surface area contributed by atoms with E-state index in [-0.39, 0.29) is 30.2 Å². The van der Waals surface area contributed by atoms with Crippen molar-refractivity contribution < 1.29 is 9.53 Å². The van der Waals surface area contributed by atoms with Gasteiger partial charge < -0.3 is 15.8 Å². The molecule has 1 aliphatic rings. The molecule has 1 rings (SSSR count). The molecule has 0 saturated heterocycles. The zero-order valence-corrected chi connectivity index (χ0v) is 10.6. The molecule has 0 aromatic carbocycles. The van der Waals surface area contributed by atoms with E-state index in [2.05, 4.69) is 5.32 Å².